The molecule has 1 saturated heterocycles. The van der Waals surface area contributed by atoms with E-state index in [-0.39, 0.29) is 30.2 Å². The average molecular weight is 370 g/mol. The fraction of sp³-hybridized carbons (Fsp3) is 0.333. The highest BCUT2D eigenvalue weighted by Crippen LogP contribution is 2.16. The lowest BCUT2D eigenvalue weighted by atomic mass is 10.1. The Hall–Kier alpha value is -2.73. The normalized spacial score (nSPS) is 17.3. The number of carbonyl (C=O) groups is 2. The van der Waals surface area contributed by atoms with Crippen molar-refractivity contribution < 1.29 is 18.7 Å². The molecule has 5 nitrogen and oxygen atoms in total. The Balaban J connectivity index is 1.63. The Morgan fingerprint density at radius 2 is 1.81 bits per heavy atom. The van der Waals surface area contributed by atoms with Crippen molar-refractivity contribution in [1.82, 2.24) is 9.80 Å². The Morgan fingerprint density at radius 1 is 1.11 bits per heavy atom. The van der Waals surface area contributed by atoms with Gasteiger partial charge in [0.05, 0.1) is 19.3 Å². The predicted octanol–water partition coefficient (Wildman–Crippen LogP) is 2.60. The van der Waals surface area contributed by atoms with Crippen LogP contribution in [0.5, 0.6) is 0 Å². The third kappa shape index (κ3) is 5.14. The van der Waals surface area contributed by atoms with Gasteiger partial charge in [0.1, 0.15) is 12.4 Å². The second-order valence-corrected chi connectivity index (χ2v) is 6.70. The Morgan fingerprint density at radius 3 is 2.48 bits per heavy atom. The van der Waals surface area contributed by atoms with Gasteiger partial charge in [-0.15, -0.1) is 0 Å². The van der Waals surface area contributed by atoms with Crippen LogP contribution in [0.4, 0.5) is 4.39 Å². The van der Waals surface area contributed by atoms with E-state index in [1.165, 1.54) is 19.1 Å². The molecule has 1 aliphatic rings. The van der Waals surface area contributed by atoms with Crippen molar-refractivity contribution in [3.8, 4) is 0 Å². The number of benzene rings is 2. The zero-order valence-corrected chi connectivity index (χ0v) is 15.3. The van der Waals surface area contributed by atoms with Crippen molar-refractivity contribution >= 4 is 11.8 Å². The minimum atomic E-state index is -0.307. The number of carbonyl (C=O) groups excluding carboxylic acids is 2. The Kier molecular flexibility index (Phi) is 6.19. The maximum Gasteiger partial charge on any atom is 0.242 e. The largest absolute Gasteiger partial charge is 0.375 e. The summed E-state index contributed by atoms with van der Waals surface area (Å²) in [4.78, 5) is 27.6. The van der Waals surface area contributed by atoms with Crippen molar-refractivity contribution in [2.75, 3.05) is 19.7 Å². The first-order chi connectivity index (χ1) is 13.0. The number of rotatable bonds is 6. The fourth-order valence-electron chi connectivity index (χ4n) is 3.19. The summed E-state index contributed by atoms with van der Waals surface area (Å²) >= 11 is 0. The van der Waals surface area contributed by atoms with Crippen LogP contribution in [-0.2, 0) is 27.5 Å². The van der Waals surface area contributed by atoms with E-state index < -0.39 is 0 Å². The highest BCUT2D eigenvalue weighted by molar-refractivity contribution is 5.85. The van der Waals surface area contributed by atoms with E-state index in [1.54, 1.807) is 21.9 Å². The van der Waals surface area contributed by atoms with Crippen LogP contribution >= 0.6 is 0 Å². The molecule has 0 radical (unpaired) electrons. The van der Waals surface area contributed by atoms with Crippen LogP contribution in [-0.4, -0.2) is 47.4 Å². The number of ether oxygens (including phenoxy) is 1. The number of amides is 2. The second-order valence-electron chi connectivity index (χ2n) is 6.70. The van der Waals surface area contributed by atoms with Crippen LogP contribution in [0.1, 0.15) is 18.1 Å². The molecule has 3 rings (SSSR count). The number of hydrogen-bond acceptors (Lipinski definition) is 3. The van der Waals surface area contributed by atoms with Crippen LogP contribution in [0, 0.1) is 5.82 Å². The van der Waals surface area contributed by atoms with Gasteiger partial charge in [-0.25, -0.2) is 4.39 Å². The van der Waals surface area contributed by atoms with Gasteiger partial charge in [-0.1, -0.05) is 42.5 Å². The van der Waals surface area contributed by atoms with Gasteiger partial charge in [0.2, 0.25) is 11.8 Å². The van der Waals surface area contributed by atoms with Gasteiger partial charge in [0, 0.05) is 20.0 Å². The highest BCUT2D eigenvalue weighted by Gasteiger charge is 2.33. The lowest BCUT2D eigenvalue weighted by Gasteiger charge is -2.40. The molecule has 1 heterocycles. The molecule has 0 aromatic heterocycles. The molecule has 2 aromatic carbocycles. The molecule has 142 valence electrons. The van der Waals surface area contributed by atoms with Crippen molar-refractivity contribution in [1.29, 1.82) is 0 Å². The summed E-state index contributed by atoms with van der Waals surface area (Å²) in [7, 11) is 0. The molecule has 0 saturated carbocycles. The first-order valence-electron chi connectivity index (χ1n) is 8.94. The van der Waals surface area contributed by atoms with E-state index in [1.807, 2.05) is 30.3 Å². The van der Waals surface area contributed by atoms with Crippen molar-refractivity contribution in [3.63, 3.8) is 0 Å². The molecule has 0 N–H and O–H groups in total. The number of hydrogen-bond donors (Lipinski definition) is 0. The van der Waals surface area contributed by atoms with E-state index in [0.717, 1.165) is 11.1 Å². The van der Waals surface area contributed by atoms with Gasteiger partial charge in [0.15, 0.2) is 0 Å². The SMILES string of the molecule is CC(=O)N1CC(=O)N(Cc2ccc(F)cc2)CC1COCc1ccccc1. The molecule has 2 aromatic rings. The molecule has 27 heavy (non-hydrogen) atoms. The van der Waals surface area contributed by atoms with Gasteiger partial charge in [-0.3, -0.25) is 9.59 Å². The topological polar surface area (TPSA) is 49.9 Å². The molecular formula is C21H23FN2O3. The molecule has 6 heteroatoms. The third-order valence-corrected chi connectivity index (χ3v) is 4.64. The van der Waals surface area contributed by atoms with Crippen molar-refractivity contribution in [2.24, 2.45) is 0 Å². The lowest BCUT2D eigenvalue weighted by molar-refractivity contribution is -0.150. The first-order valence-corrected chi connectivity index (χ1v) is 8.94. The zero-order chi connectivity index (χ0) is 19.2. The van der Waals surface area contributed by atoms with Crippen molar-refractivity contribution in [3.05, 3.63) is 71.5 Å². The van der Waals surface area contributed by atoms with E-state index >= 15 is 0 Å². The van der Waals surface area contributed by atoms with Crippen molar-refractivity contribution in [2.45, 2.75) is 26.1 Å². The quantitative estimate of drug-likeness (QED) is 0.785. The molecule has 0 bridgehead atoms. The van der Waals surface area contributed by atoms with Crippen LogP contribution in [0.15, 0.2) is 54.6 Å². The third-order valence-electron chi connectivity index (χ3n) is 4.64. The summed E-state index contributed by atoms with van der Waals surface area (Å²) in [6.45, 7) is 3.09. The highest BCUT2D eigenvalue weighted by atomic mass is 19.1. The Bertz CT molecular complexity index is 780. The number of nitrogens with zero attached hydrogens (tertiary/aromatic N) is 2. The smallest absolute Gasteiger partial charge is 0.242 e. The monoisotopic (exact) mass is 370 g/mol. The van der Waals surface area contributed by atoms with Crippen LogP contribution < -0.4 is 0 Å². The number of piperazine rings is 1. The standard InChI is InChI=1S/C21H23FN2O3/c1-16(25)24-13-21(26)23(11-17-7-9-19(22)10-8-17)12-20(24)15-27-14-18-5-3-2-4-6-18/h2-10,20H,11-15H2,1H3. The van der Waals surface area contributed by atoms with Gasteiger partial charge in [-0.05, 0) is 23.3 Å². The summed E-state index contributed by atoms with van der Waals surface area (Å²) in [6, 6.07) is 15.7. The zero-order valence-electron chi connectivity index (χ0n) is 15.3. The maximum absolute atomic E-state index is 13.1. The minimum Gasteiger partial charge on any atom is -0.375 e. The molecule has 0 aliphatic carbocycles. The summed E-state index contributed by atoms with van der Waals surface area (Å²) in [5, 5.41) is 0. The molecule has 0 spiro atoms. The molecular weight excluding hydrogens is 347 g/mol. The fourth-order valence-corrected chi connectivity index (χ4v) is 3.19. The van der Waals surface area contributed by atoms with E-state index in [0.29, 0.717) is 26.3 Å². The van der Waals surface area contributed by atoms with Gasteiger partial charge < -0.3 is 14.5 Å². The van der Waals surface area contributed by atoms with Crippen LogP contribution in [0.3, 0.4) is 0 Å². The molecule has 1 fully saturated rings. The first kappa shape index (κ1) is 19.0. The van der Waals surface area contributed by atoms with Gasteiger partial charge in [-0.2, -0.15) is 0 Å². The number of halogens is 1. The molecule has 1 unspecified atom stereocenters. The van der Waals surface area contributed by atoms with Gasteiger partial charge in [0.25, 0.3) is 0 Å². The summed E-state index contributed by atoms with van der Waals surface area (Å²) < 4.78 is 18.9. The van der Waals surface area contributed by atoms with E-state index in [2.05, 4.69) is 0 Å². The van der Waals surface area contributed by atoms with Crippen LogP contribution in [0.25, 0.3) is 0 Å². The van der Waals surface area contributed by atoms with Crippen LogP contribution in [0.2, 0.25) is 0 Å². The lowest BCUT2D eigenvalue weighted by Crippen LogP contribution is -2.58. The minimum absolute atomic E-state index is 0.0376. The Labute approximate surface area is 158 Å². The molecule has 1 atom stereocenters. The second kappa shape index (κ2) is 8.77. The summed E-state index contributed by atoms with van der Waals surface area (Å²) in [5.74, 6) is -0.564. The average Bonchev–Trinajstić information content (AvgIpc) is 2.66. The maximum atomic E-state index is 13.1. The predicted molar refractivity (Wildman–Crippen MR) is 99.1 cm³/mol. The van der Waals surface area contributed by atoms with E-state index in [4.69, 9.17) is 4.74 Å². The molecule has 1 aliphatic heterocycles. The molecule has 2 amide bonds. The summed E-state index contributed by atoms with van der Waals surface area (Å²) in [6.07, 6.45) is 0. The van der Waals surface area contributed by atoms with Gasteiger partial charge >= 0.3 is 0 Å². The summed E-state index contributed by atoms with van der Waals surface area (Å²) in [5.41, 5.74) is 1.91. The van der Waals surface area contributed by atoms with E-state index in [9.17, 15) is 14.0 Å².